The van der Waals surface area contributed by atoms with E-state index in [1.165, 1.54) is 0 Å². The second-order valence-corrected chi connectivity index (χ2v) is 0. The Hall–Kier alpha value is 0.886. The summed E-state index contributed by atoms with van der Waals surface area (Å²) in [5.41, 5.74) is 0. The molecule has 0 spiro atoms. The quantitative estimate of drug-likeness (QED) is 0.415. The van der Waals surface area contributed by atoms with Crippen molar-refractivity contribution >= 4 is 0 Å². The molecule has 8 heavy (non-hydrogen) atoms. The third-order valence-corrected chi connectivity index (χ3v) is 0. The maximum absolute atomic E-state index is 0. The average molecular weight is 210 g/mol. The molecular weight excluding hydrogens is 200 g/mol. The van der Waals surface area contributed by atoms with Crippen LogP contribution in [0.4, 0.5) is 0 Å². The standard InChI is InChI=1S/2ClH.Co.5H2N/h2*1H;;5*1H2/q;;;5*-1/p-2. The molecule has 0 heterocycles. The van der Waals surface area contributed by atoms with E-state index in [0.29, 0.717) is 0 Å². The monoisotopic (exact) mass is 209 g/mol. The van der Waals surface area contributed by atoms with Crippen molar-refractivity contribution in [3.05, 3.63) is 30.8 Å². The topological polar surface area (TPSA) is 168 Å². The minimum Gasteiger partial charge on any atom is -1.00 e. The SMILES string of the molecule is [Cl-].[Cl-].[Co].[NH2-].[NH2-].[NH2-].[NH2-].[NH2-]. The zero-order chi connectivity index (χ0) is 0. The van der Waals surface area contributed by atoms with Crippen LogP contribution >= 0.6 is 0 Å². The Kier molecular flexibility index (Phi) is 41800. The molecule has 0 aliphatic rings. The molecule has 0 aromatic rings. The van der Waals surface area contributed by atoms with E-state index in [9.17, 15) is 0 Å². The van der Waals surface area contributed by atoms with E-state index < -0.39 is 0 Å². The molecule has 65 valence electrons. The van der Waals surface area contributed by atoms with E-state index in [2.05, 4.69) is 0 Å². The van der Waals surface area contributed by atoms with Crippen molar-refractivity contribution in [2.75, 3.05) is 0 Å². The number of nitrogens with two attached hydrogens (primary N) is 5. The summed E-state index contributed by atoms with van der Waals surface area (Å²) in [6.45, 7) is 0. The fourth-order valence-electron chi connectivity index (χ4n) is 0. The molecule has 1 radical (unpaired) electrons. The molecule has 10 N–H and O–H groups in total. The van der Waals surface area contributed by atoms with E-state index >= 15 is 0 Å². The Labute approximate surface area is 72.7 Å². The van der Waals surface area contributed by atoms with Gasteiger partial charge in [0.2, 0.25) is 0 Å². The van der Waals surface area contributed by atoms with Gasteiger partial charge in [0.05, 0.1) is 0 Å². The number of halogens is 2. The molecule has 0 aliphatic heterocycles. The second kappa shape index (κ2) is 476. The van der Waals surface area contributed by atoms with E-state index in [1.807, 2.05) is 0 Å². The smallest absolute Gasteiger partial charge is 0 e. The fraction of sp³-hybridized carbons (Fsp3) is 0. The van der Waals surface area contributed by atoms with Gasteiger partial charge in [-0.25, -0.2) is 0 Å². The summed E-state index contributed by atoms with van der Waals surface area (Å²) in [7, 11) is 0. The normalized spacial score (nSPS) is 0. The van der Waals surface area contributed by atoms with Crippen LogP contribution in [0.1, 0.15) is 0 Å². The summed E-state index contributed by atoms with van der Waals surface area (Å²) >= 11 is 0. The van der Waals surface area contributed by atoms with Gasteiger partial charge in [-0.15, -0.1) is 0 Å². The molecule has 0 aromatic carbocycles. The van der Waals surface area contributed by atoms with Gasteiger partial charge in [0, 0.05) is 16.8 Å². The van der Waals surface area contributed by atoms with Crippen molar-refractivity contribution < 1.29 is 41.6 Å². The first kappa shape index (κ1) is 703. The van der Waals surface area contributed by atoms with Crippen LogP contribution in [0.2, 0.25) is 0 Å². The van der Waals surface area contributed by atoms with Crippen molar-refractivity contribution in [1.82, 2.24) is 0 Å². The molecule has 0 aliphatic carbocycles. The first-order valence-electron chi connectivity index (χ1n) is 0. The third kappa shape index (κ3) is 304. The first-order valence-corrected chi connectivity index (χ1v) is 0. The zero-order valence-electron chi connectivity index (χ0n) is 3.98. The van der Waals surface area contributed by atoms with Gasteiger partial charge in [0.25, 0.3) is 0 Å². The van der Waals surface area contributed by atoms with Crippen LogP contribution < -0.4 is 24.8 Å². The summed E-state index contributed by atoms with van der Waals surface area (Å²) in [6.07, 6.45) is 0. The minimum absolute atomic E-state index is 0. The Morgan fingerprint density at radius 3 is 0.375 bits per heavy atom. The van der Waals surface area contributed by atoms with Crippen LogP contribution in [0.5, 0.6) is 0 Å². The molecular formula is H10Cl2CoN5-7. The summed E-state index contributed by atoms with van der Waals surface area (Å²) < 4.78 is 0. The van der Waals surface area contributed by atoms with Gasteiger partial charge < -0.3 is 55.6 Å². The van der Waals surface area contributed by atoms with E-state index in [1.54, 1.807) is 0 Å². The van der Waals surface area contributed by atoms with Crippen LogP contribution in [0.3, 0.4) is 0 Å². The molecule has 0 atom stereocenters. The molecule has 8 heteroatoms. The molecule has 0 saturated carbocycles. The maximum Gasteiger partial charge on any atom is 0 e. The van der Waals surface area contributed by atoms with Crippen molar-refractivity contribution in [3.63, 3.8) is 0 Å². The van der Waals surface area contributed by atoms with Gasteiger partial charge in [0.15, 0.2) is 0 Å². The van der Waals surface area contributed by atoms with Crippen molar-refractivity contribution in [3.8, 4) is 0 Å². The van der Waals surface area contributed by atoms with Gasteiger partial charge in [0.1, 0.15) is 0 Å². The van der Waals surface area contributed by atoms with Gasteiger partial charge >= 0.3 is 0 Å². The first-order chi connectivity index (χ1) is 0. The number of rotatable bonds is 0. The summed E-state index contributed by atoms with van der Waals surface area (Å²) in [6, 6.07) is 0. The van der Waals surface area contributed by atoms with Crippen molar-refractivity contribution in [1.29, 1.82) is 0 Å². The molecule has 0 rings (SSSR count). The largest absolute Gasteiger partial charge is 1.00 e. The average Bonchev–Trinajstić information content (AvgIpc) is 0. The number of hydrogen-bond acceptors (Lipinski definition) is 0. The van der Waals surface area contributed by atoms with Gasteiger partial charge in [-0.3, -0.25) is 0 Å². The minimum atomic E-state index is 0. The van der Waals surface area contributed by atoms with Crippen molar-refractivity contribution in [2.45, 2.75) is 0 Å². The molecule has 0 saturated heterocycles. The summed E-state index contributed by atoms with van der Waals surface area (Å²) in [4.78, 5) is 0. The van der Waals surface area contributed by atoms with Gasteiger partial charge in [-0.1, -0.05) is 0 Å². The third-order valence-electron chi connectivity index (χ3n) is 0. The molecule has 0 bridgehead atoms. The Morgan fingerprint density at radius 2 is 0.375 bits per heavy atom. The molecule has 0 fully saturated rings. The van der Waals surface area contributed by atoms with Crippen LogP contribution in [-0.4, -0.2) is 0 Å². The summed E-state index contributed by atoms with van der Waals surface area (Å²) in [5.74, 6) is 0. The van der Waals surface area contributed by atoms with E-state index in [-0.39, 0.29) is 72.3 Å². The van der Waals surface area contributed by atoms with Crippen molar-refractivity contribution in [2.24, 2.45) is 0 Å². The predicted molar refractivity (Wildman–Crippen MR) is 26.4 cm³/mol. The van der Waals surface area contributed by atoms with Gasteiger partial charge in [-0.05, 0) is 0 Å². The van der Waals surface area contributed by atoms with Crippen LogP contribution in [0.15, 0.2) is 0 Å². The second-order valence-electron chi connectivity index (χ2n) is 0. The van der Waals surface area contributed by atoms with Crippen LogP contribution in [-0.2, 0) is 16.8 Å². The molecule has 0 unspecified atom stereocenters. The summed E-state index contributed by atoms with van der Waals surface area (Å²) in [5, 5.41) is 0. The number of hydrogen-bond donors (Lipinski definition) is 0. The molecule has 0 aromatic heterocycles. The molecule has 0 amide bonds. The van der Waals surface area contributed by atoms with Crippen LogP contribution in [0, 0.1) is 0 Å². The van der Waals surface area contributed by atoms with Gasteiger partial charge in [-0.2, -0.15) is 0 Å². The molecule has 5 nitrogen and oxygen atoms in total. The zero-order valence-corrected chi connectivity index (χ0v) is 6.53. The Balaban J connectivity index is 0. The van der Waals surface area contributed by atoms with E-state index in [0.717, 1.165) is 0 Å². The Bertz CT molecular complexity index is 10.4. The fourth-order valence-corrected chi connectivity index (χ4v) is 0. The predicted octanol–water partition coefficient (Wildman–Crippen LogP) is -2.41. The maximum atomic E-state index is 0. The Morgan fingerprint density at radius 1 is 0.375 bits per heavy atom. The van der Waals surface area contributed by atoms with E-state index in [4.69, 9.17) is 0 Å². The van der Waals surface area contributed by atoms with Crippen LogP contribution in [0.25, 0.3) is 30.8 Å².